The summed E-state index contributed by atoms with van der Waals surface area (Å²) in [4.78, 5) is 2.71. The fourth-order valence-corrected chi connectivity index (χ4v) is 4.01. The van der Waals surface area contributed by atoms with Crippen LogP contribution in [0, 0.1) is 11.3 Å². The molecular formula is C17H34N2. The van der Waals surface area contributed by atoms with Crippen molar-refractivity contribution in [2.45, 2.75) is 78.2 Å². The monoisotopic (exact) mass is 266 g/mol. The largest absolute Gasteiger partial charge is 0.303 e. The molecular weight excluding hydrogens is 232 g/mol. The Balaban J connectivity index is 1.95. The molecule has 0 aromatic carbocycles. The van der Waals surface area contributed by atoms with Crippen LogP contribution >= 0.6 is 0 Å². The maximum Gasteiger partial charge on any atom is 0.0484 e. The zero-order chi connectivity index (χ0) is 13.7. The molecule has 0 amide bonds. The Morgan fingerprint density at radius 3 is 2.42 bits per heavy atom. The first-order chi connectivity index (χ1) is 9.04. The molecule has 2 unspecified atom stereocenters. The second kappa shape index (κ2) is 7.08. The van der Waals surface area contributed by atoms with Gasteiger partial charge in [-0.25, -0.2) is 0 Å². The zero-order valence-corrected chi connectivity index (χ0v) is 13.4. The zero-order valence-electron chi connectivity index (χ0n) is 13.4. The van der Waals surface area contributed by atoms with Gasteiger partial charge in [0.15, 0.2) is 0 Å². The number of nitrogens with zero attached hydrogens (tertiary/aromatic N) is 1. The minimum atomic E-state index is 0.493. The van der Waals surface area contributed by atoms with Gasteiger partial charge in [-0.05, 0) is 30.6 Å². The molecule has 2 fully saturated rings. The second-order valence-corrected chi connectivity index (χ2v) is 7.98. The third kappa shape index (κ3) is 5.43. The van der Waals surface area contributed by atoms with E-state index < -0.39 is 0 Å². The number of rotatable bonds is 2. The lowest BCUT2D eigenvalue weighted by Gasteiger charge is -2.33. The van der Waals surface area contributed by atoms with Crippen LogP contribution in [-0.4, -0.2) is 30.7 Å². The minimum Gasteiger partial charge on any atom is -0.303 e. The molecule has 0 radical (unpaired) electrons. The highest BCUT2D eigenvalue weighted by Gasteiger charge is 2.27. The van der Waals surface area contributed by atoms with E-state index in [1.54, 1.807) is 0 Å². The summed E-state index contributed by atoms with van der Waals surface area (Å²) in [5.74, 6) is 0.948. The van der Waals surface area contributed by atoms with Gasteiger partial charge in [-0.15, -0.1) is 0 Å². The predicted molar refractivity (Wildman–Crippen MR) is 83.2 cm³/mol. The van der Waals surface area contributed by atoms with Gasteiger partial charge in [0.25, 0.3) is 0 Å². The molecule has 112 valence electrons. The van der Waals surface area contributed by atoms with Crippen molar-refractivity contribution < 1.29 is 0 Å². The summed E-state index contributed by atoms with van der Waals surface area (Å²) >= 11 is 0. The van der Waals surface area contributed by atoms with Crippen molar-refractivity contribution in [3.05, 3.63) is 0 Å². The van der Waals surface area contributed by atoms with Gasteiger partial charge in [-0.1, -0.05) is 52.9 Å². The number of hydrogen-bond acceptors (Lipinski definition) is 2. The van der Waals surface area contributed by atoms with Gasteiger partial charge in [0.2, 0.25) is 0 Å². The lowest BCUT2D eigenvalue weighted by molar-refractivity contribution is 0.167. The lowest BCUT2D eigenvalue weighted by Crippen LogP contribution is -2.36. The molecule has 19 heavy (non-hydrogen) atoms. The minimum absolute atomic E-state index is 0.493. The van der Waals surface area contributed by atoms with Crippen molar-refractivity contribution >= 4 is 0 Å². The normalized spacial score (nSPS) is 31.7. The molecule has 1 heterocycles. The molecule has 0 spiro atoms. The van der Waals surface area contributed by atoms with Gasteiger partial charge in [0.1, 0.15) is 0 Å². The lowest BCUT2D eigenvalue weighted by atomic mass is 9.79. The molecule has 2 atom stereocenters. The van der Waals surface area contributed by atoms with Gasteiger partial charge in [0.05, 0.1) is 0 Å². The molecule has 0 aromatic rings. The van der Waals surface area contributed by atoms with Crippen LogP contribution in [0.1, 0.15) is 72.1 Å². The maximum absolute atomic E-state index is 3.51. The summed E-state index contributed by atoms with van der Waals surface area (Å²) in [6, 6.07) is 0.848. The molecule has 2 aliphatic rings. The average Bonchev–Trinajstić information content (AvgIpc) is 2.83. The molecule has 0 aromatic heterocycles. The van der Waals surface area contributed by atoms with Crippen molar-refractivity contribution in [2.75, 3.05) is 19.8 Å². The first kappa shape index (κ1) is 15.3. The van der Waals surface area contributed by atoms with Gasteiger partial charge in [0, 0.05) is 25.8 Å². The maximum atomic E-state index is 3.51. The van der Waals surface area contributed by atoms with Crippen LogP contribution in [0.3, 0.4) is 0 Å². The van der Waals surface area contributed by atoms with Crippen LogP contribution in [0.2, 0.25) is 0 Å². The van der Waals surface area contributed by atoms with Crippen molar-refractivity contribution in [2.24, 2.45) is 11.3 Å². The van der Waals surface area contributed by atoms with E-state index in [1.807, 2.05) is 0 Å². The highest BCUT2D eigenvalue weighted by Crippen LogP contribution is 2.33. The Kier molecular flexibility index (Phi) is 5.70. The fourth-order valence-electron chi connectivity index (χ4n) is 4.01. The van der Waals surface area contributed by atoms with Crippen molar-refractivity contribution in [1.29, 1.82) is 0 Å². The summed E-state index contributed by atoms with van der Waals surface area (Å²) < 4.78 is 0. The SMILES string of the molecule is CC(C)(C)CC1CCCCCCC(N2CCNC2)C1. The standard InChI is InChI=1S/C17H34N2/c1-17(2,3)13-15-8-6-4-5-7-9-16(12-15)19-11-10-18-14-19/h15-16,18H,4-14H2,1-3H3. The molecule has 1 saturated carbocycles. The van der Waals surface area contributed by atoms with E-state index in [2.05, 4.69) is 31.0 Å². The van der Waals surface area contributed by atoms with E-state index in [4.69, 9.17) is 0 Å². The predicted octanol–water partition coefficient (Wildman–Crippen LogP) is 4.01. The molecule has 2 rings (SSSR count). The smallest absolute Gasteiger partial charge is 0.0484 e. The average molecular weight is 266 g/mol. The van der Waals surface area contributed by atoms with E-state index in [0.29, 0.717) is 5.41 Å². The van der Waals surface area contributed by atoms with Crippen molar-refractivity contribution in [3.63, 3.8) is 0 Å². The molecule has 0 bridgehead atoms. The Morgan fingerprint density at radius 1 is 1.05 bits per heavy atom. The van der Waals surface area contributed by atoms with E-state index in [0.717, 1.165) is 18.6 Å². The highest BCUT2D eigenvalue weighted by molar-refractivity contribution is 4.81. The first-order valence-corrected chi connectivity index (χ1v) is 8.49. The summed E-state index contributed by atoms with van der Waals surface area (Å²) in [5.41, 5.74) is 0.493. The number of hydrogen-bond donors (Lipinski definition) is 1. The van der Waals surface area contributed by atoms with Crippen LogP contribution in [0.5, 0.6) is 0 Å². The number of nitrogens with one attached hydrogen (secondary N) is 1. The van der Waals surface area contributed by atoms with Gasteiger partial charge >= 0.3 is 0 Å². The van der Waals surface area contributed by atoms with E-state index in [9.17, 15) is 0 Å². The molecule has 2 nitrogen and oxygen atoms in total. The first-order valence-electron chi connectivity index (χ1n) is 8.49. The molecule has 1 saturated heterocycles. The topological polar surface area (TPSA) is 15.3 Å². The van der Waals surface area contributed by atoms with Crippen molar-refractivity contribution in [1.82, 2.24) is 10.2 Å². The van der Waals surface area contributed by atoms with E-state index in [1.165, 1.54) is 64.5 Å². The summed E-state index contributed by atoms with van der Waals surface area (Å²) in [6.45, 7) is 10.8. The van der Waals surface area contributed by atoms with E-state index >= 15 is 0 Å². The Hall–Kier alpha value is -0.0800. The third-order valence-corrected chi connectivity index (χ3v) is 4.81. The quantitative estimate of drug-likeness (QED) is 0.812. The van der Waals surface area contributed by atoms with Crippen LogP contribution in [0.4, 0.5) is 0 Å². The van der Waals surface area contributed by atoms with Gasteiger partial charge in [-0.3, -0.25) is 4.90 Å². The molecule has 2 heteroatoms. The summed E-state index contributed by atoms with van der Waals surface area (Å²) in [5, 5.41) is 3.51. The summed E-state index contributed by atoms with van der Waals surface area (Å²) in [6.07, 6.45) is 11.6. The molecule has 1 N–H and O–H groups in total. The van der Waals surface area contributed by atoms with Crippen LogP contribution in [0.15, 0.2) is 0 Å². The highest BCUT2D eigenvalue weighted by atomic mass is 15.3. The van der Waals surface area contributed by atoms with Crippen LogP contribution < -0.4 is 5.32 Å². The van der Waals surface area contributed by atoms with Crippen molar-refractivity contribution in [3.8, 4) is 0 Å². The molecule has 1 aliphatic heterocycles. The van der Waals surface area contributed by atoms with E-state index in [-0.39, 0.29) is 0 Å². The second-order valence-electron chi connectivity index (χ2n) is 7.98. The Morgan fingerprint density at radius 2 is 1.79 bits per heavy atom. The summed E-state index contributed by atoms with van der Waals surface area (Å²) in [7, 11) is 0. The molecule has 1 aliphatic carbocycles. The van der Waals surface area contributed by atoms with Gasteiger partial charge < -0.3 is 5.32 Å². The Bertz CT molecular complexity index is 250. The van der Waals surface area contributed by atoms with Crippen LogP contribution in [-0.2, 0) is 0 Å². The Labute approximate surface area is 120 Å². The van der Waals surface area contributed by atoms with Crippen LogP contribution in [0.25, 0.3) is 0 Å². The fraction of sp³-hybridized carbons (Fsp3) is 1.00. The van der Waals surface area contributed by atoms with Gasteiger partial charge in [-0.2, -0.15) is 0 Å². The third-order valence-electron chi connectivity index (χ3n) is 4.81.